The summed E-state index contributed by atoms with van der Waals surface area (Å²) in [6.07, 6.45) is 5.41. The average molecular weight is 385 g/mol. The fraction of sp³-hybridized carbons (Fsp3) is 0.273. The van der Waals surface area contributed by atoms with Gasteiger partial charge in [0.25, 0.3) is 0 Å². The van der Waals surface area contributed by atoms with Crippen LogP contribution in [0.1, 0.15) is 5.56 Å². The van der Waals surface area contributed by atoms with Gasteiger partial charge < -0.3 is 9.80 Å². The first-order chi connectivity index (χ1) is 14.2. The zero-order valence-electron chi connectivity index (χ0n) is 16.6. The number of aryl methyl sites for hydroxylation is 1. The molecule has 4 aromatic rings. The normalized spacial score (nSPS) is 15.2. The smallest absolute Gasteiger partial charge is 0.132 e. The van der Waals surface area contributed by atoms with Crippen LogP contribution in [0.4, 0.5) is 5.82 Å². The third-order valence-corrected chi connectivity index (χ3v) is 5.52. The van der Waals surface area contributed by atoms with Crippen molar-refractivity contribution in [1.29, 1.82) is 0 Å². The van der Waals surface area contributed by atoms with Crippen molar-refractivity contribution in [2.45, 2.75) is 6.92 Å². The molecule has 0 aromatic carbocycles. The summed E-state index contributed by atoms with van der Waals surface area (Å²) in [4.78, 5) is 18.5. The van der Waals surface area contributed by atoms with Gasteiger partial charge in [0, 0.05) is 49.5 Å². The van der Waals surface area contributed by atoms with Crippen LogP contribution in [0.15, 0.2) is 48.9 Å². The number of nitrogens with zero attached hydrogens (tertiary/aromatic N) is 6. The van der Waals surface area contributed by atoms with Crippen molar-refractivity contribution >= 4 is 16.7 Å². The highest BCUT2D eigenvalue weighted by Crippen LogP contribution is 2.30. The predicted molar refractivity (Wildman–Crippen MR) is 115 cm³/mol. The molecule has 7 heteroatoms. The summed E-state index contributed by atoms with van der Waals surface area (Å²) in [5, 5.41) is 8.67. The minimum Gasteiger partial charge on any atom is -0.354 e. The summed E-state index contributed by atoms with van der Waals surface area (Å²) >= 11 is 0. The first-order valence-electron chi connectivity index (χ1n) is 9.85. The Hall–Kier alpha value is -3.32. The molecule has 4 aromatic heterocycles. The monoisotopic (exact) mass is 385 g/mol. The topological polar surface area (TPSA) is 73.8 Å². The zero-order chi connectivity index (χ0) is 19.8. The maximum atomic E-state index is 5.01. The largest absolute Gasteiger partial charge is 0.354 e. The third-order valence-electron chi connectivity index (χ3n) is 5.52. The standard InChI is InChI=1S/C22H23N7/c1-15-5-6-18(25-22(15)29-10-8-28(2)9-11-29)21-17-12-19(16-4-3-7-23-13-16)24-14-20(17)26-27-21/h3-7,12-14H,8-11H2,1-2H3,(H,26,27). The van der Waals surface area contributed by atoms with Crippen LogP contribution < -0.4 is 4.90 Å². The highest BCUT2D eigenvalue weighted by atomic mass is 15.3. The van der Waals surface area contributed by atoms with E-state index in [0.717, 1.165) is 65.5 Å². The lowest BCUT2D eigenvalue weighted by Crippen LogP contribution is -2.45. The third kappa shape index (κ3) is 3.34. The van der Waals surface area contributed by atoms with Crippen LogP contribution >= 0.6 is 0 Å². The molecule has 1 fully saturated rings. The van der Waals surface area contributed by atoms with Crippen molar-refractivity contribution < 1.29 is 0 Å². The van der Waals surface area contributed by atoms with Crippen LogP contribution in [0.25, 0.3) is 33.5 Å². The van der Waals surface area contributed by atoms with Crippen molar-refractivity contribution in [3.8, 4) is 22.6 Å². The molecule has 146 valence electrons. The predicted octanol–water partition coefficient (Wildman–Crippen LogP) is 3.14. The highest BCUT2D eigenvalue weighted by Gasteiger charge is 2.19. The summed E-state index contributed by atoms with van der Waals surface area (Å²) in [5.74, 6) is 1.05. The molecule has 0 spiro atoms. The number of aromatic amines is 1. The maximum absolute atomic E-state index is 5.01. The molecule has 1 aliphatic rings. The van der Waals surface area contributed by atoms with Gasteiger partial charge in [0.2, 0.25) is 0 Å². The number of fused-ring (bicyclic) bond motifs is 1. The molecular formula is C22H23N7. The van der Waals surface area contributed by atoms with Gasteiger partial charge in [0.15, 0.2) is 0 Å². The number of piperazine rings is 1. The lowest BCUT2D eigenvalue weighted by molar-refractivity contribution is 0.312. The number of nitrogens with one attached hydrogen (secondary N) is 1. The Labute approximate surface area is 169 Å². The molecular weight excluding hydrogens is 362 g/mol. The first kappa shape index (κ1) is 17.8. The number of pyridine rings is 3. The van der Waals surface area contributed by atoms with Gasteiger partial charge in [-0.15, -0.1) is 0 Å². The molecule has 0 atom stereocenters. The van der Waals surface area contributed by atoms with Crippen LogP contribution in [0.3, 0.4) is 0 Å². The number of rotatable bonds is 3. The van der Waals surface area contributed by atoms with E-state index in [1.807, 2.05) is 24.5 Å². The number of hydrogen-bond donors (Lipinski definition) is 1. The van der Waals surface area contributed by atoms with Crippen LogP contribution in [-0.4, -0.2) is 63.3 Å². The van der Waals surface area contributed by atoms with Crippen molar-refractivity contribution in [3.05, 3.63) is 54.5 Å². The molecule has 0 radical (unpaired) electrons. The minimum absolute atomic E-state index is 0.850. The van der Waals surface area contributed by atoms with E-state index in [1.54, 1.807) is 6.20 Å². The Balaban J connectivity index is 1.56. The molecule has 1 N–H and O–H groups in total. The van der Waals surface area contributed by atoms with Gasteiger partial charge >= 0.3 is 0 Å². The SMILES string of the molecule is Cc1ccc(-c2n[nH]c3cnc(-c4cccnc4)cc23)nc1N1CCN(C)CC1. The fourth-order valence-corrected chi connectivity index (χ4v) is 3.77. The number of aromatic nitrogens is 5. The molecule has 1 aliphatic heterocycles. The fourth-order valence-electron chi connectivity index (χ4n) is 3.77. The second kappa shape index (κ2) is 7.25. The van der Waals surface area contributed by atoms with Crippen molar-refractivity contribution in [3.63, 3.8) is 0 Å². The van der Waals surface area contributed by atoms with Gasteiger partial charge in [-0.25, -0.2) is 4.98 Å². The first-order valence-corrected chi connectivity index (χ1v) is 9.85. The lowest BCUT2D eigenvalue weighted by Gasteiger charge is -2.34. The van der Waals surface area contributed by atoms with E-state index in [4.69, 9.17) is 4.98 Å². The van der Waals surface area contributed by atoms with Crippen LogP contribution in [0.2, 0.25) is 0 Å². The lowest BCUT2D eigenvalue weighted by atomic mass is 10.1. The molecule has 0 amide bonds. The summed E-state index contributed by atoms with van der Waals surface area (Å²) in [6.45, 7) is 6.21. The molecule has 0 unspecified atom stereocenters. The number of anilines is 1. The average Bonchev–Trinajstić information content (AvgIpc) is 3.19. The second-order valence-electron chi connectivity index (χ2n) is 7.56. The molecule has 7 nitrogen and oxygen atoms in total. The molecule has 0 aliphatic carbocycles. The Morgan fingerprint density at radius 3 is 2.66 bits per heavy atom. The van der Waals surface area contributed by atoms with Gasteiger partial charge in [0.05, 0.1) is 23.1 Å². The van der Waals surface area contributed by atoms with Gasteiger partial charge in [0.1, 0.15) is 11.5 Å². The quantitative estimate of drug-likeness (QED) is 0.584. The van der Waals surface area contributed by atoms with Crippen molar-refractivity contribution in [2.24, 2.45) is 0 Å². The van der Waals surface area contributed by atoms with E-state index in [-0.39, 0.29) is 0 Å². The summed E-state index contributed by atoms with van der Waals surface area (Å²) in [5.41, 5.74) is 5.67. The molecule has 1 saturated heterocycles. The van der Waals surface area contributed by atoms with E-state index < -0.39 is 0 Å². The van der Waals surface area contributed by atoms with Crippen LogP contribution in [-0.2, 0) is 0 Å². The molecule has 5 heterocycles. The van der Waals surface area contributed by atoms with Crippen molar-refractivity contribution in [2.75, 3.05) is 38.1 Å². The number of likely N-dealkylation sites (N-methyl/N-ethyl adjacent to an activating group) is 1. The van der Waals surface area contributed by atoms with Gasteiger partial charge in [-0.05, 0) is 43.8 Å². The Morgan fingerprint density at radius 2 is 1.86 bits per heavy atom. The van der Waals surface area contributed by atoms with E-state index in [9.17, 15) is 0 Å². The second-order valence-corrected chi connectivity index (χ2v) is 7.56. The van der Waals surface area contributed by atoms with E-state index in [0.29, 0.717) is 0 Å². The zero-order valence-corrected chi connectivity index (χ0v) is 16.6. The summed E-state index contributed by atoms with van der Waals surface area (Å²) in [7, 11) is 2.16. The summed E-state index contributed by atoms with van der Waals surface area (Å²) < 4.78 is 0. The highest BCUT2D eigenvalue weighted by molar-refractivity contribution is 5.93. The van der Waals surface area contributed by atoms with Gasteiger partial charge in [-0.1, -0.05) is 6.07 Å². The Bertz CT molecular complexity index is 1140. The molecule has 0 saturated carbocycles. The summed E-state index contributed by atoms with van der Waals surface area (Å²) in [6, 6.07) is 10.2. The van der Waals surface area contributed by atoms with Gasteiger partial charge in [-0.3, -0.25) is 15.1 Å². The minimum atomic E-state index is 0.850. The molecule has 0 bridgehead atoms. The Morgan fingerprint density at radius 1 is 1.00 bits per heavy atom. The molecule has 5 rings (SSSR count). The number of hydrogen-bond acceptors (Lipinski definition) is 6. The van der Waals surface area contributed by atoms with Crippen LogP contribution in [0.5, 0.6) is 0 Å². The van der Waals surface area contributed by atoms with E-state index in [1.165, 1.54) is 5.56 Å². The Kier molecular flexibility index (Phi) is 4.44. The van der Waals surface area contributed by atoms with Crippen LogP contribution in [0, 0.1) is 6.92 Å². The van der Waals surface area contributed by atoms with Gasteiger partial charge in [-0.2, -0.15) is 5.10 Å². The van der Waals surface area contributed by atoms with E-state index in [2.05, 4.69) is 62.1 Å². The molecule has 29 heavy (non-hydrogen) atoms. The van der Waals surface area contributed by atoms with Crippen molar-refractivity contribution in [1.82, 2.24) is 30.0 Å². The maximum Gasteiger partial charge on any atom is 0.132 e. The van der Waals surface area contributed by atoms with E-state index >= 15 is 0 Å². The number of H-pyrrole nitrogens is 1.